The third kappa shape index (κ3) is 4.67. The van der Waals surface area contributed by atoms with Crippen molar-refractivity contribution in [3.63, 3.8) is 0 Å². The molecule has 0 aliphatic carbocycles. The van der Waals surface area contributed by atoms with Gasteiger partial charge in [0.1, 0.15) is 5.67 Å². The molecule has 0 nitrogen and oxygen atoms in total. The third-order valence-electron chi connectivity index (χ3n) is 7.80. The molecule has 0 saturated heterocycles. The molecule has 4 unspecified atom stereocenters. The topological polar surface area (TPSA) is 0 Å². The molecule has 0 aliphatic rings. The van der Waals surface area contributed by atoms with Gasteiger partial charge in [-0.25, -0.2) is 4.39 Å². The van der Waals surface area contributed by atoms with Crippen molar-refractivity contribution in [3.8, 4) is 0 Å². The number of alkyl halides is 1. The number of halogens is 1. The van der Waals surface area contributed by atoms with E-state index in [4.69, 9.17) is 0 Å². The van der Waals surface area contributed by atoms with E-state index in [1.807, 2.05) is 0 Å². The fourth-order valence-corrected chi connectivity index (χ4v) is 6.37. The standard InChI is InChI=1S/C25H51F/c1-11-16-18-24(19-20(6)7,22(10)13-3)25(26,15-5)23(14-4,17-12-2)21(8)9/h20-22H,11-19H2,1-10H3. The molecule has 0 aromatic heterocycles. The van der Waals surface area contributed by atoms with Crippen LogP contribution in [-0.2, 0) is 0 Å². The lowest BCUT2D eigenvalue weighted by atomic mass is 9.46. The second-order valence-corrected chi connectivity index (χ2v) is 9.74. The highest BCUT2D eigenvalue weighted by atomic mass is 19.1. The van der Waals surface area contributed by atoms with Gasteiger partial charge in [0.25, 0.3) is 0 Å². The smallest absolute Gasteiger partial charge is 0.122 e. The highest BCUT2D eigenvalue weighted by Crippen LogP contribution is 2.64. The van der Waals surface area contributed by atoms with Gasteiger partial charge in [-0.2, -0.15) is 0 Å². The fourth-order valence-electron chi connectivity index (χ4n) is 6.37. The molecule has 158 valence electrons. The first-order valence-electron chi connectivity index (χ1n) is 11.8. The van der Waals surface area contributed by atoms with E-state index >= 15 is 4.39 Å². The molecule has 0 rings (SSSR count). The molecule has 0 aliphatic heterocycles. The quantitative estimate of drug-likeness (QED) is 0.286. The number of unbranched alkanes of at least 4 members (excludes halogenated alkanes) is 1. The highest BCUT2D eigenvalue weighted by Gasteiger charge is 2.63. The summed E-state index contributed by atoms with van der Waals surface area (Å²) in [6, 6.07) is 0. The Balaban J connectivity index is 6.72. The lowest BCUT2D eigenvalue weighted by Gasteiger charge is -2.60. The molecule has 0 fully saturated rings. The summed E-state index contributed by atoms with van der Waals surface area (Å²) in [6.45, 7) is 22.6. The molecule has 0 bridgehead atoms. The zero-order chi connectivity index (χ0) is 20.6. The van der Waals surface area contributed by atoms with Crippen LogP contribution in [0.4, 0.5) is 4.39 Å². The zero-order valence-electron chi connectivity index (χ0n) is 20.0. The van der Waals surface area contributed by atoms with Crippen molar-refractivity contribution in [1.29, 1.82) is 0 Å². The van der Waals surface area contributed by atoms with E-state index in [1.165, 1.54) is 0 Å². The molecule has 0 spiro atoms. The summed E-state index contributed by atoms with van der Waals surface area (Å²) in [7, 11) is 0. The van der Waals surface area contributed by atoms with E-state index in [2.05, 4.69) is 69.2 Å². The Bertz CT molecular complexity index is 374. The third-order valence-corrected chi connectivity index (χ3v) is 7.80. The minimum absolute atomic E-state index is 0.212. The van der Waals surface area contributed by atoms with E-state index in [1.54, 1.807) is 0 Å². The van der Waals surface area contributed by atoms with E-state index < -0.39 is 5.67 Å². The number of hydrogen-bond acceptors (Lipinski definition) is 0. The fraction of sp³-hybridized carbons (Fsp3) is 1.00. The molecule has 0 saturated carbocycles. The van der Waals surface area contributed by atoms with Crippen LogP contribution < -0.4 is 0 Å². The first-order valence-corrected chi connectivity index (χ1v) is 11.8. The Hall–Kier alpha value is -0.0700. The summed E-state index contributed by atoms with van der Waals surface area (Å²) in [5.74, 6) is 1.32. The van der Waals surface area contributed by atoms with Gasteiger partial charge in [-0.3, -0.25) is 0 Å². The van der Waals surface area contributed by atoms with Gasteiger partial charge >= 0.3 is 0 Å². The summed E-state index contributed by atoms with van der Waals surface area (Å²) in [6.07, 6.45) is 9.12. The van der Waals surface area contributed by atoms with Crippen molar-refractivity contribution in [2.75, 3.05) is 0 Å². The van der Waals surface area contributed by atoms with Gasteiger partial charge in [-0.05, 0) is 49.9 Å². The van der Waals surface area contributed by atoms with Gasteiger partial charge in [-0.15, -0.1) is 0 Å². The molecule has 26 heavy (non-hydrogen) atoms. The first kappa shape index (κ1) is 25.9. The van der Waals surface area contributed by atoms with Crippen molar-refractivity contribution in [2.24, 2.45) is 28.6 Å². The van der Waals surface area contributed by atoms with E-state index in [0.29, 0.717) is 24.2 Å². The van der Waals surface area contributed by atoms with Crippen LogP contribution in [0.3, 0.4) is 0 Å². The summed E-state index contributed by atoms with van der Waals surface area (Å²) in [5.41, 5.74) is -1.54. The van der Waals surface area contributed by atoms with Crippen molar-refractivity contribution in [1.82, 2.24) is 0 Å². The molecule has 0 amide bonds. The SMILES string of the molecule is CCCCC(CC(C)C)(C(C)CC)C(F)(CC)C(CC)(CCC)C(C)C. The number of hydrogen-bond donors (Lipinski definition) is 0. The largest absolute Gasteiger partial charge is 0.243 e. The molecule has 0 aromatic carbocycles. The van der Waals surface area contributed by atoms with Gasteiger partial charge in [0.2, 0.25) is 0 Å². The summed E-state index contributed by atoms with van der Waals surface area (Å²) >= 11 is 0. The predicted octanol–water partition coefficient (Wildman–Crippen LogP) is 9.23. The Labute approximate surface area is 166 Å². The van der Waals surface area contributed by atoms with Gasteiger partial charge in [-0.1, -0.05) is 94.9 Å². The van der Waals surface area contributed by atoms with Crippen molar-refractivity contribution < 1.29 is 4.39 Å². The Morgan fingerprint density at radius 3 is 1.62 bits per heavy atom. The van der Waals surface area contributed by atoms with Crippen LogP contribution in [0, 0.1) is 28.6 Å². The normalized spacial score (nSPS) is 20.7. The minimum Gasteiger partial charge on any atom is -0.243 e. The summed E-state index contributed by atoms with van der Waals surface area (Å²) in [4.78, 5) is 0. The Morgan fingerprint density at radius 1 is 0.731 bits per heavy atom. The molecular formula is C25H51F. The highest BCUT2D eigenvalue weighted by molar-refractivity contribution is 5.11. The van der Waals surface area contributed by atoms with E-state index in [9.17, 15) is 0 Å². The maximum atomic E-state index is 17.7. The predicted molar refractivity (Wildman–Crippen MR) is 117 cm³/mol. The Kier molecular flexibility index (Phi) is 11.0. The van der Waals surface area contributed by atoms with Crippen LogP contribution in [-0.4, -0.2) is 5.67 Å². The van der Waals surface area contributed by atoms with E-state index in [-0.39, 0.29) is 10.8 Å². The minimum atomic E-state index is -1.10. The van der Waals surface area contributed by atoms with Crippen LogP contribution in [0.1, 0.15) is 127 Å². The molecular weight excluding hydrogens is 319 g/mol. The molecule has 1 heteroatoms. The van der Waals surface area contributed by atoms with Crippen LogP contribution in [0.25, 0.3) is 0 Å². The molecule has 0 radical (unpaired) electrons. The van der Waals surface area contributed by atoms with Gasteiger partial charge in [0.15, 0.2) is 0 Å². The van der Waals surface area contributed by atoms with Crippen LogP contribution in [0.2, 0.25) is 0 Å². The van der Waals surface area contributed by atoms with Crippen LogP contribution in [0.5, 0.6) is 0 Å². The van der Waals surface area contributed by atoms with Crippen LogP contribution >= 0.6 is 0 Å². The second kappa shape index (κ2) is 11.1. The monoisotopic (exact) mass is 370 g/mol. The van der Waals surface area contributed by atoms with E-state index in [0.717, 1.165) is 51.4 Å². The summed E-state index contributed by atoms with van der Waals surface area (Å²) < 4.78 is 17.7. The summed E-state index contributed by atoms with van der Waals surface area (Å²) in [5, 5.41) is 0. The maximum absolute atomic E-state index is 17.7. The number of rotatable bonds is 14. The first-order chi connectivity index (χ1) is 12.1. The molecule has 4 atom stereocenters. The van der Waals surface area contributed by atoms with Gasteiger partial charge in [0, 0.05) is 10.8 Å². The zero-order valence-corrected chi connectivity index (χ0v) is 20.0. The lowest BCUT2D eigenvalue weighted by molar-refractivity contribution is -0.179. The maximum Gasteiger partial charge on any atom is 0.122 e. The van der Waals surface area contributed by atoms with Gasteiger partial charge < -0.3 is 0 Å². The lowest BCUT2D eigenvalue weighted by Crippen LogP contribution is -2.61. The molecule has 0 aromatic rings. The average Bonchev–Trinajstić information content (AvgIpc) is 2.60. The Morgan fingerprint density at radius 2 is 1.31 bits per heavy atom. The molecule has 0 heterocycles. The second-order valence-electron chi connectivity index (χ2n) is 9.74. The van der Waals surface area contributed by atoms with Crippen LogP contribution in [0.15, 0.2) is 0 Å². The van der Waals surface area contributed by atoms with Crippen molar-refractivity contribution in [3.05, 3.63) is 0 Å². The van der Waals surface area contributed by atoms with Crippen molar-refractivity contribution >= 4 is 0 Å². The molecule has 0 N–H and O–H groups in total. The average molecular weight is 371 g/mol. The van der Waals surface area contributed by atoms with Gasteiger partial charge in [0.05, 0.1) is 0 Å². The van der Waals surface area contributed by atoms with Crippen molar-refractivity contribution in [2.45, 2.75) is 133 Å².